The third-order valence-electron chi connectivity index (χ3n) is 1.06. The summed E-state index contributed by atoms with van der Waals surface area (Å²) >= 11 is 0. The molecule has 0 radical (unpaired) electrons. The topological polar surface area (TPSA) is 75.7 Å². The molecule has 2 unspecified atom stereocenters. The molecule has 5 nitrogen and oxygen atoms in total. The van der Waals surface area contributed by atoms with E-state index in [1.165, 1.54) is 0 Å². The highest BCUT2D eigenvalue weighted by Crippen LogP contribution is 2.45. The van der Waals surface area contributed by atoms with Gasteiger partial charge in [-0.2, -0.15) is 0 Å². The normalized spacial score (nSPS) is 39.9. The fraction of sp³-hybridized carbons (Fsp3) is 0.750. The fourth-order valence-corrected chi connectivity index (χ4v) is 1.56. The van der Waals surface area contributed by atoms with Gasteiger partial charge in [-0.05, 0) is 0 Å². The summed E-state index contributed by atoms with van der Waals surface area (Å²) in [7, 11) is -4.04. The zero-order valence-corrected chi connectivity index (χ0v) is 5.95. The van der Waals surface area contributed by atoms with Crippen LogP contribution in [-0.4, -0.2) is 19.0 Å². The predicted molar refractivity (Wildman–Crippen MR) is 29.1 cm³/mol. The lowest BCUT2D eigenvalue weighted by molar-refractivity contribution is -0.214. The second-order valence-corrected chi connectivity index (χ2v) is 3.24. The van der Waals surface area contributed by atoms with Gasteiger partial charge >= 0.3 is 0 Å². The van der Waals surface area contributed by atoms with Crippen molar-refractivity contribution in [2.24, 2.45) is 0 Å². The van der Waals surface area contributed by atoms with Crippen LogP contribution >= 0.6 is 7.82 Å². The molecule has 0 aromatic carbocycles. The van der Waals surface area contributed by atoms with E-state index < -0.39 is 13.9 Å². The van der Waals surface area contributed by atoms with Gasteiger partial charge in [-0.1, -0.05) is 0 Å². The van der Waals surface area contributed by atoms with Gasteiger partial charge in [-0.15, -0.1) is 0 Å². The Morgan fingerprint density at radius 1 is 1.80 bits per heavy atom. The standard InChI is InChI=1S/C4H7O5P/c5-2-1-4-3-8-10(6,7)9-4/h2,4H,1,3H2,(H,6,7)/p-1. The van der Waals surface area contributed by atoms with Crippen molar-refractivity contribution < 1.29 is 23.3 Å². The molecule has 1 fully saturated rings. The van der Waals surface area contributed by atoms with E-state index in [1.54, 1.807) is 0 Å². The second kappa shape index (κ2) is 2.80. The van der Waals surface area contributed by atoms with Crippen LogP contribution in [0, 0.1) is 0 Å². The monoisotopic (exact) mass is 165 g/mol. The molecule has 0 bridgehead atoms. The fourth-order valence-electron chi connectivity index (χ4n) is 0.636. The average molecular weight is 165 g/mol. The average Bonchev–Trinajstić information content (AvgIpc) is 2.12. The molecule has 0 aliphatic carbocycles. The highest BCUT2D eigenvalue weighted by atomic mass is 31.2. The molecule has 0 aromatic rings. The van der Waals surface area contributed by atoms with Crippen LogP contribution in [-0.2, 0) is 18.4 Å². The smallest absolute Gasteiger partial charge is 0.268 e. The SMILES string of the molecule is O=CCC1COP(=O)([O-])O1. The molecule has 0 spiro atoms. The molecule has 0 N–H and O–H groups in total. The van der Waals surface area contributed by atoms with Crippen molar-refractivity contribution in [1.82, 2.24) is 0 Å². The number of hydrogen-bond donors (Lipinski definition) is 0. The molecule has 58 valence electrons. The summed E-state index contributed by atoms with van der Waals surface area (Å²) in [4.78, 5) is 20.2. The minimum Gasteiger partial charge on any atom is -0.756 e. The summed E-state index contributed by atoms with van der Waals surface area (Å²) in [5.41, 5.74) is 0. The van der Waals surface area contributed by atoms with Gasteiger partial charge in [0.2, 0.25) is 0 Å². The van der Waals surface area contributed by atoms with E-state index in [0.29, 0.717) is 6.29 Å². The molecule has 1 rings (SSSR count). The second-order valence-electron chi connectivity index (χ2n) is 1.87. The van der Waals surface area contributed by atoms with Crippen LogP contribution < -0.4 is 4.89 Å². The van der Waals surface area contributed by atoms with Gasteiger partial charge in [0.25, 0.3) is 7.82 Å². The van der Waals surface area contributed by atoms with Crippen molar-refractivity contribution in [2.45, 2.75) is 12.5 Å². The number of aldehydes is 1. The highest BCUT2D eigenvalue weighted by molar-refractivity contribution is 7.46. The summed E-state index contributed by atoms with van der Waals surface area (Å²) in [5, 5.41) is 0. The van der Waals surface area contributed by atoms with E-state index in [4.69, 9.17) is 0 Å². The van der Waals surface area contributed by atoms with Crippen molar-refractivity contribution in [3.8, 4) is 0 Å². The van der Waals surface area contributed by atoms with Crippen LogP contribution in [0.15, 0.2) is 0 Å². The summed E-state index contributed by atoms with van der Waals surface area (Å²) in [6.07, 6.45) is 0.0480. The summed E-state index contributed by atoms with van der Waals surface area (Å²) in [6, 6.07) is 0. The van der Waals surface area contributed by atoms with E-state index in [0.717, 1.165) is 0 Å². The quantitative estimate of drug-likeness (QED) is 0.405. The van der Waals surface area contributed by atoms with Crippen LogP contribution in [0.3, 0.4) is 0 Å². The number of carbonyl (C=O) groups is 1. The lowest BCUT2D eigenvalue weighted by atomic mass is 10.3. The zero-order valence-electron chi connectivity index (χ0n) is 5.06. The van der Waals surface area contributed by atoms with Crippen LogP contribution in [0.4, 0.5) is 0 Å². The van der Waals surface area contributed by atoms with Crippen molar-refractivity contribution in [3.63, 3.8) is 0 Å². The molecular formula is C4H6O5P-. The van der Waals surface area contributed by atoms with E-state index >= 15 is 0 Å². The minimum atomic E-state index is -4.04. The van der Waals surface area contributed by atoms with Crippen LogP contribution in [0.1, 0.15) is 6.42 Å². The van der Waals surface area contributed by atoms with Gasteiger partial charge in [0.1, 0.15) is 6.29 Å². The Morgan fingerprint density at radius 2 is 2.50 bits per heavy atom. The molecular weight excluding hydrogens is 159 g/mol. The van der Waals surface area contributed by atoms with Gasteiger partial charge < -0.3 is 18.7 Å². The minimum absolute atomic E-state index is 0.0421. The van der Waals surface area contributed by atoms with E-state index in [2.05, 4.69) is 9.05 Å². The van der Waals surface area contributed by atoms with Gasteiger partial charge in [0, 0.05) is 6.42 Å². The third kappa shape index (κ3) is 1.88. The third-order valence-corrected chi connectivity index (χ3v) is 2.08. The van der Waals surface area contributed by atoms with Crippen molar-refractivity contribution in [1.29, 1.82) is 0 Å². The van der Waals surface area contributed by atoms with Crippen LogP contribution in [0.25, 0.3) is 0 Å². The first-order valence-corrected chi connectivity index (χ1v) is 4.18. The predicted octanol–water partition coefficient (Wildman–Crippen LogP) is -0.541. The lowest BCUT2D eigenvalue weighted by Crippen LogP contribution is -2.09. The highest BCUT2D eigenvalue weighted by Gasteiger charge is 2.26. The largest absolute Gasteiger partial charge is 0.756 e. The Hall–Kier alpha value is -0.220. The molecule has 0 amide bonds. The number of phosphoric ester groups is 1. The van der Waals surface area contributed by atoms with E-state index in [-0.39, 0.29) is 13.0 Å². The first kappa shape index (κ1) is 7.88. The Bertz CT molecular complexity index is 178. The maximum Gasteiger partial charge on any atom is 0.268 e. The van der Waals surface area contributed by atoms with Gasteiger partial charge in [-0.3, -0.25) is 4.57 Å². The van der Waals surface area contributed by atoms with Crippen molar-refractivity contribution >= 4 is 14.1 Å². The number of carbonyl (C=O) groups excluding carboxylic acids is 1. The van der Waals surface area contributed by atoms with E-state index in [1.807, 2.05) is 0 Å². The first-order valence-electron chi connectivity index (χ1n) is 2.72. The Kier molecular flexibility index (Phi) is 2.21. The molecule has 6 heteroatoms. The Morgan fingerprint density at radius 3 is 2.90 bits per heavy atom. The van der Waals surface area contributed by atoms with Gasteiger partial charge in [-0.25, -0.2) is 0 Å². The Labute approximate surface area is 57.6 Å². The molecule has 2 atom stereocenters. The number of rotatable bonds is 2. The number of phosphoric acid groups is 1. The molecule has 1 aliphatic heterocycles. The summed E-state index contributed by atoms with van der Waals surface area (Å²) < 4.78 is 18.9. The van der Waals surface area contributed by atoms with Crippen LogP contribution in [0.2, 0.25) is 0 Å². The van der Waals surface area contributed by atoms with Crippen molar-refractivity contribution in [3.05, 3.63) is 0 Å². The van der Waals surface area contributed by atoms with Crippen molar-refractivity contribution in [2.75, 3.05) is 6.61 Å². The van der Waals surface area contributed by atoms with E-state index in [9.17, 15) is 14.3 Å². The summed E-state index contributed by atoms with van der Waals surface area (Å²) in [6.45, 7) is -0.0421. The Balaban J connectivity index is 2.43. The maximum atomic E-state index is 10.4. The molecule has 0 saturated carbocycles. The molecule has 1 heterocycles. The maximum absolute atomic E-state index is 10.4. The van der Waals surface area contributed by atoms with Crippen LogP contribution in [0.5, 0.6) is 0 Å². The molecule has 1 aliphatic rings. The molecule has 0 aromatic heterocycles. The summed E-state index contributed by atoms with van der Waals surface area (Å²) in [5.74, 6) is 0. The number of hydrogen-bond acceptors (Lipinski definition) is 5. The molecule has 1 saturated heterocycles. The van der Waals surface area contributed by atoms with Gasteiger partial charge in [0.15, 0.2) is 0 Å². The zero-order chi connectivity index (χ0) is 7.61. The first-order chi connectivity index (χ1) is 4.64. The lowest BCUT2D eigenvalue weighted by Gasteiger charge is -2.12. The molecule has 10 heavy (non-hydrogen) atoms. The van der Waals surface area contributed by atoms with Gasteiger partial charge in [0.05, 0.1) is 12.7 Å².